The van der Waals surface area contributed by atoms with Crippen LogP contribution in [0.15, 0.2) is 36.7 Å². The molecule has 84 valence electrons. The molecule has 2 aromatic rings. The quantitative estimate of drug-likeness (QED) is 0.766. The van der Waals surface area contributed by atoms with E-state index >= 15 is 0 Å². The number of hydrogen-bond donors (Lipinski definition) is 0. The Hall–Kier alpha value is -1.57. The van der Waals surface area contributed by atoms with Gasteiger partial charge in [0.25, 0.3) is 0 Å². The van der Waals surface area contributed by atoms with Crippen LogP contribution in [0, 0.1) is 6.92 Å². The van der Waals surface area contributed by atoms with E-state index in [9.17, 15) is 0 Å². The van der Waals surface area contributed by atoms with Gasteiger partial charge in [-0.15, -0.1) is 0 Å². The van der Waals surface area contributed by atoms with Crippen LogP contribution in [0.2, 0.25) is 0 Å². The number of benzene rings is 1. The Morgan fingerprint density at radius 3 is 2.38 bits per heavy atom. The normalized spacial score (nSPS) is 11.0. The molecule has 1 aromatic heterocycles. The van der Waals surface area contributed by atoms with Crippen molar-refractivity contribution in [1.29, 1.82) is 0 Å². The standard InChI is InChI=1S/C14H18N2/c1-11(2)14-6-4-13(5-7-14)10-16-9-8-15-12(16)3/h4-9,11H,10H2,1-3H3. The average Bonchev–Trinajstić information content (AvgIpc) is 2.65. The average molecular weight is 214 g/mol. The Labute approximate surface area is 97.0 Å². The first-order valence-corrected chi connectivity index (χ1v) is 5.73. The first-order valence-electron chi connectivity index (χ1n) is 5.73. The first-order chi connectivity index (χ1) is 7.66. The Morgan fingerprint density at radius 1 is 1.19 bits per heavy atom. The van der Waals surface area contributed by atoms with Gasteiger partial charge >= 0.3 is 0 Å². The van der Waals surface area contributed by atoms with Crippen LogP contribution in [0.25, 0.3) is 0 Å². The summed E-state index contributed by atoms with van der Waals surface area (Å²) in [5.41, 5.74) is 2.72. The van der Waals surface area contributed by atoms with E-state index in [4.69, 9.17) is 0 Å². The van der Waals surface area contributed by atoms with Crippen LogP contribution < -0.4 is 0 Å². The van der Waals surface area contributed by atoms with E-state index < -0.39 is 0 Å². The van der Waals surface area contributed by atoms with Gasteiger partial charge in [-0.2, -0.15) is 0 Å². The molecule has 0 aliphatic heterocycles. The van der Waals surface area contributed by atoms with Gasteiger partial charge in [0.15, 0.2) is 0 Å². The van der Waals surface area contributed by atoms with Crippen molar-refractivity contribution in [3.8, 4) is 0 Å². The third-order valence-electron chi connectivity index (χ3n) is 2.92. The van der Waals surface area contributed by atoms with Gasteiger partial charge in [-0.25, -0.2) is 4.98 Å². The van der Waals surface area contributed by atoms with Crippen molar-refractivity contribution in [3.05, 3.63) is 53.6 Å². The first kappa shape index (κ1) is 10.9. The maximum absolute atomic E-state index is 4.22. The molecule has 0 atom stereocenters. The fourth-order valence-corrected chi connectivity index (χ4v) is 1.78. The molecule has 0 bridgehead atoms. The predicted octanol–water partition coefficient (Wildman–Crippen LogP) is 3.36. The number of nitrogens with zero attached hydrogens (tertiary/aromatic N) is 2. The predicted molar refractivity (Wildman–Crippen MR) is 66.6 cm³/mol. The number of rotatable bonds is 3. The zero-order valence-corrected chi connectivity index (χ0v) is 10.1. The molecule has 0 N–H and O–H groups in total. The largest absolute Gasteiger partial charge is 0.331 e. The molecule has 0 aliphatic carbocycles. The van der Waals surface area contributed by atoms with E-state index in [0.717, 1.165) is 12.4 Å². The highest BCUT2D eigenvalue weighted by Crippen LogP contribution is 2.15. The van der Waals surface area contributed by atoms with Gasteiger partial charge in [-0.3, -0.25) is 0 Å². The molecule has 0 saturated heterocycles. The Morgan fingerprint density at radius 2 is 1.88 bits per heavy atom. The highest BCUT2D eigenvalue weighted by Gasteiger charge is 2.01. The summed E-state index contributed by atoms with van der Waals surface area (Å²) < 4.78 is 2.16. The summed E-state index contributed by atoms with van der Waals surface area (Å²) >= 11 is 0. The lowest BCUT2D eigenvalue weighted by Crippen LogP contribution is -2.00. The van der Waals surface area contributed by atoms with Crippen molar-refractivity contribution in [2.45, 2.75) is 33.2 Å². The van der Waals surface area contributed by atoms with Gasteiger partial charge in [0.05, 0.1) is 0 Å². The Bertz CT molecular complexity index is 452. The third kappa shape index (κ3) is 2.32. The van der Waals surface area contributed by atoms with Gasteiger partial charge in [-0.1, -0.05) is 38.1 Å². The van der Waals surface area contributed by atoms with Gasteiger partial charge in [0, 0.05) is 18.9 Å². The van der Waals surface area contributed by atoms with E-state index in [1.165, 1.54) is 11.1 Å². The second-order valence-corrected chi connectivity index (χ2v) is 4.50. The zero-order valence-electron chi connectivity index (χ0n) is 10.1. The van der Waals surface area contributed by atoms with Crippen LogP contribution in [0.3, 0.4) is 0 Å². The van der Waals surface area contributed by atoms with Gasteiger partial charge in [0.2, 0.25) is 0 Å². The van der Waals surface area contributed by atoms with Crippen LogP contribution in [0.5, 0.6) is 0 Å². The topological polar surface area (TPSA) is 17.8 Å². The smallest absolute Gasteiger partial charge is 0.105 e. The monoisotopic (exact) mass is 214 g/mol. The SMILES string of the molecule is Cc1nccn1Cc1ccc(C(C)C)cc1. The van der Waals surface area contributed by atoms with Crippen LogP contribution >= 0.6 is 0 Å². The Balaban J connectivity index is 2.14. The lowest BCUT2D eigenvalue weighted by Gasteiger charge is -2.08. The van der Waals surface area contributed by atoms with E-state index in [1.807, 2.05) is 19.3 Å². The zero-order chi connectivity index (χ0) is 11.5. The van der Waals surface area contributed by atoms with Gasteiger partial charge < -0.3 is 4.57 Å². The number of imidazole rings is 1. The molecule has 16 heavy (non-hydrogen) atoms. The summed E-state index contributed by atoms with van der Waals surface area (Å²) in [6, 6.07) is 8.84. The van der Waals surface area contributed by atoms with Crippen molar-refractivity contribution in [3.63, 3.8) is 0 Å². The van der Waals surface area contributed by atoms with Gasteiger partial charge in [-0.05, 0) is 24.0 Å². The fraction of sp³-hybridized carbons (Fsp3) is 0.357. The molecule has 0 unspecified atom stereocenters. The molecule has 0 fully saturated rings. The van der Waals surface area contributed by atoms with Crippen molar-refractivity contribution in [1.82, 2.24) is 9.55 Å². The van der Waals surface area contributed by atoms with E-state index in [0.29, 0.717) is 5.92 Å². The fourth-order valence-electron chi connectivity index (χ4n) is 1.78. The Kier molecular flexibility index (Phi) is 3.09. The number of aryl methyl sites for hydroxylation is 1. The molecule has 2 rings (SSSR count). The summed E-state index contributed by atoms with van der Waals surface area (Å²) in [4.78, 5) is 4.22. The van der Waals surface area contributed by atoms with Crippen LogP contribution in [0.4, 0.5) is 0 Å². The van der Waals surface area contributed by atoms with E-state index in [-0.39, 0.29) is 0 Å². The van der Waals surface area contributed by atoms with E-state index in [2.05, 4.69) is 47.7 Å². The van der Waals surface area contributed by atoms with Crippen molar-refractivity contribution >= 4 is 0 Å². The number of hydrogen-bond acceptors (Lipinski definition) is 1. The molecular weight excluding hydrogens is 196 g/mol. The lowest BCUT2D eigenvalue weighted by atomic mass is 10.0. The van der Waals surface area contributed by atoms with Crippen LogP contribution in [-0.4, -0.2) is 9.55 Å². The van der Waals surface area contributed by atoms with Crippen LogP contribution in [-0.2, 0) is 6.54 Å². The summed E-state index contributed by atoms with van der Waals surface area (Å²) in [5.74, 6) is 1.66. The molecule has 1 heterocycles. The van der Waals surface area contributed by atoms with Crippen molar-refractivity contribution < 1.29 is 0 Å². The highest BCUT2D eigenvalue weighted by atomic mass is 15.0. The molecule has 0 aliphatic rings. The summed E-state index contributed by atoms with van der Waals surface area (Å²) in [6.45, 7) is 7.37. The molecular formula is C14H18N2. The van der Waals surface area contributed by atoms with Crippen LogP contribution in [0.1, 0.15) is 36.7 Å². The summed E-state index contributed by atoms with van der Waals surface area (Å²) in [5, 5.41) is 0. The van der Waals surface area contributed by atoms with Crippen molar-refractivity contribution in [2.24, 2.45) is 0 Å². The lowest BCUT2D eigenvalue weighted by molar-refractivity contribution is 0.760. The molecule has 2 heteroatoms. The second-order valence-electron chi connectivity index (χ2n) is 4.50. The third-order valence-corrected chi connectivity index (χ3v) is 2.92. The minimum absolute atomic E-state index is 0.601. The summed E-state index contributed by atoms with van der Waals surface area (Å²) in [7, 11) is 0. The molecule has 1 aromatic carbocycles. The molecule has 2 nitrogen and oxygen atoms in total. The summed E-state index contributed by atoms with van der Waals surface area (Å²) in [6.07, 6.45) is 3.86. The molecule has 0 spiro atoms. The highest BCUT2D eigenvalue weighted by molar-refractivity contribution is 5.25. The van der Waals surface area contributed by atoms with Gasteiger partial charge in [0.1, 0.15) is 5.82 Å². The molecule has 0 radical (unpaired) electrons. The van der Waals surface area contributed by atoms with Crippen molar-refractivity contribution in [2.75, 3.05) is 0 Å². The molecule has 0 saturated carbocycles. The maximum Gasteiger partial charge on any atom is 0.105 e. The minimum atomic E-state index is 0.601. The molecule has 0 amide bonds. The van der Waals surface area contributed by atoms with E-state index in [1.54, 1.807) is 0 Å². The number of aromatic nitrogens is 2. The second kappa shape index (κ2) is 4.52. The minimum Gasteiger partial charge on any atom is -0.331 e. The maximum atomic E-state index is 4.22.